The number of fused-ring (bicyclic) bond motifs is 1. The number of sulfonamides is 1. The van der Waals surface area contributed by atoms with E-state index in [4.69, 9.17) is 15.2 Å². The van der Waals surface area contributed by atoms with Crippen LogP contribution in [0.5, 0.6) is 11.5 Å². The van der Waals surface area contributed by atoms with E-state index in [1.165, 1.54) is 6.07 Å². The summed E-state index contributed by atoms with van der Waals surface area (Å²) in [5, 5.41) is 0. The number of halogens is 1. The van der Waals surface area contributed by atoms with E-state index in [0.717, 1.165) is 0 Å². The fourth-order valence-electron chi connectivity index (χ4n) is 1.90. The molecule has 0 amide bonds. The number of anilines is 2. The van der Waals surface area contributed by atoms with E-state index < -0.39 is 10.0 Å². The molecule has 1 aliphatic heterocycles. The fourth-order valence-corrected chi connectivity index (χ4v) is 3.95. The Morgan fingerprint density at radius 1 is 1.10 bits per heavy atom. The molecule has 3 N–H and O–H groups in total. The van der Waals surface area contributed by atoms with Crippen LogP contribution in [0.2, 0.25) is 0 Å². The average molecular weight is 371 g/mol. The molecular formula is C13H11BrN2O4S. The van der Waals surface area contributed by atoms with Gasteiger partial charge in [0.05, 0.1) is 5.69 Å². The number of nitrogens with one attached hydrogen (secondary N) is 1. The van der Waals surface area contributed by atoms with E-state index >= 15 is 0 Å². The summed E-state index contributed by atoms with van der Waals surface area (Å²) in [5.74, 6) is 1.09. The lowest BCUT2D eigenvalue weighted by atomic mass is 10.3. The number of ether oxygens (including phenoxy) is 2. The minimum absolute atomic E-state index is 0.0696. The van der Waals surface area contributed by atoms with Crippen molar-refractivity contribution in [2.45, 2.75) is 4.90 Å². The molecule has 0 spiro atoms. The van der Waals surface area contributed by atoms with Gasteiger partial charge in [-0.25, -0.2) is 8.42 Å². The Morgan fingerprint density at radius 3 is 2.67 bits per heavy atom. The highest BCUT2D eigenvalue weighted by molar-refractivity contribution is 9.10. The summed E-state index contributed by atoms with van der Waals surface area (Å²) in [5.41, 5.74) is 6.39. The molecule has 0 unspecified atom stereocenters. The molecule has 0 bridgehead atoms. The smallest absolute Gasteiger partial charge is 0.263 e. The molecular weight excluding hydrogens is 360 g/mol. The molecule has 0 radical (unpaired) electrons. The largest absolute Gasteiger partial charge is 0.454 e. The van der Waals surface area contributed by atoms with Crippen LogP contribution in [-0.4, -0.2) is 15.2 Å². The van der Waals surface area contributed by atoms with Crippen molar-refractivity contribution in [3.63, 3.8) is 0 Å². The van der Waals surface area contributed by atoms with Crippen LogP contribution < -0.4 is 19.9 Å². The van der Waals surface area contributed by atoms with Crippen LogP contribution in [0.4, 0.5) is 11.4 Å². The van der Waals surface area contributed by atoms with Gasteiger partial charge in [-0.3, -0.25) is 4.72 Å². The molecule has 6 nitrogen and oxygen atoms in total. The molecule has 0 saturated heterocycles. The fraction of sp³-hybridized carbons (Fsp3) is 0.0769. The Hall–Kier alpha value is -1.93. The van der Waals surface area contributed by atoms with Gasteiger partial charge in [-0.05, 0) is 46.3 Å². The van der Waals surface area contributed by atoms with Gasteiger partial charge in [-0.1, -0.05) is 0 Å². The zero-order valence-corrected chi connectivity index (χ0v) is 13.1. The number of nitrogens with two attached hydrogens (primary N) is 1. The minimum Gasteiger partial charge on any atom is -0.454 e. The minimum atomic E-state index is -3.76. The summed E-state index contributed by atoms with van der Waals surface area (Å²) in [6, 6.07) is 9.41. The Kier molecular flexibility index (Phi) is 3.42. The molecule has 2 aromatic rings. The third-order valence-corrected chi connectivity index (χ3v) is 5.24. The molecule has 2 aromatic carbocycles. The Labute approximate surface area is 130 Å². The molecule has 0 fully saturated rings. The molecule has 3 rings (SSSR count). The van der Waals surface area contributed by atoms with Crippen molar-refractivity contribution in [3.8, 4) is 11.5 Å². The first kappa shape index (κ1) is 14.0. The highest BCUT2D eigenvalue weighted by atomic mass is 79.9. The highest BCUT2D eigenvalue weighted by Gasteiger charge is 2.20. The third-order valence-electron chi connectivity index (χ3n) is 2.87. The number of hydrogen-bond donors (Lipinski definition) is 2. The van der Waals surface area contributed by atoms with Gasteiger partial charge in [-0.15, -0.1) is 0 Å². The summed E-state index contributed by atoms with van der Waals surface area (Å²) in [4.78, 5) is 0.0696. The van der Waals surface area contributed by atoms with Crippen LogP contribution in [0.15, 0.2) is 45.8 Å². The van der Waals surface area contributed by atoms with Crippen LogP contribution in [-0.2, 0) is 10.0 Å². The topological polar surface area (TPSA) is 90.7 Å². The van der Waals surface area contributed by atoms with Gasteiger partial charge in [0.1, 0.15) is 4.90 Å². The Bertz CT molecular complexity index is 808. The van der Waals surface area contributed by atoms with Gasteiger partial charge in [0.25, 0.3) is 10.0 Å². The second-order valence-electron chi connectivity index (χ2n) is 4.36. The van der Waals surface area contributed by atoms with Crippen molar-refractivity contribution in [2.24, 2.45) is 0 Å². The molecule has 21 heavy (non-hydrogen) atoms. The summed E-state index contributed by atoms with van der Waals surface area (Å²) in [6.07, 6.45) is 0. The maximum absolute atomic E-state index is 12.4. The normalized spacial score (nSPS) is 13.2. The number of benzene rings is 2. The SMILES string of the molecule is Nc1ccc(Br)c(S(=O)(=O)Nc2ccc3c(c2)OCO3)c1. The monoisotopic (exact) mass is 370 g/mol. The molecule has 0 aliphatic carbocycles. The van der Waals surface area contributed by atoms with Crippen molar-refractivity contribution < 1.29 is 17.9 Å². The van der Waals surface area contributed by atoms with Crippen LogP contribution >= 0.6 is 15.9 Å². The Morgan fingerprint density at radius 2 is 1.86 bits per heavy atom. The molecule has 0 saturated carbocycles. The predicted octanol–water partition coefficient (Wildman–Crippen LogP) is 2.56. The summed E-state index contributed by atoms with van der Waals surface area (Å²) in [6.45, 7) is 0.131. The van der Waals surface area contributed by atoms with Crippen molar-refractivity contribution in [2.75, 3.05) is 17.2 Å². The zero-order chi connectivity index (χ0) is 15.0. The lowest BCUT2D eigenvalue weighted by molar-refractivity contribution is 0.174. The van der Waals surface area contributed by atoms with E-state index in [1.807, 2.05) is 0 Å². The lowest BCUT2D eigenvalue weighted by Crippen LogP contribution is -2.13. The summed E-state index contributed by atoms with van der Waals surface area (Å²) in [7, 11) is -3.76. The van der Waals surface area contributed by atoms with Gasteiger partial charge < -0.3 is 15.2 Å². The molecule has 0 atom stereocenters. The quantitative estimate of drug-likeness (QED) is 0.810. The van der Waals surface area contributed by atoms with Gasteiger partial charge in [0.15, 0.2) is 11.5 Å². The zero-order valence-electron chi connectivity index (χ0n) is 10.7. The molecule has 0 aromatic heterocycles. The van der Waals surface area contributed by atoms with E-state index in [0.29, 0.717) is 27.3 Å². The number of nitrogen functional groups attached to an aromatic ring is 1. The van der Waals surface area contributed by atoms with Gasteiger partial charge in [0, 0.05) is 16.2 Å². The molecule has 1 aliphatic rings. The van der Waals surface area contributed by atoms with E-state index in [9.17, 15) is 8.42 Å². The predicted molar refractivity (Wildman–Crippen MR) is 81.9 cm³/mol. The molecule has 110 valence electrons. The van der Waals surface area contributed by atoms with Crippen LogP contribution in [0.25, 0.3) is 0 Å². The third kappa shape index (κ3) is 2.77. The molecule has 8 heteroatoms. The standard InChI is InChI=1S/C13H11BrN2O4S/c14-10-3-1-8(15)5-13(10)21(17,18)16-9-2-4-11-12(6-9)20-7-19-11/h1-6,16H,7,15H2. The summed E-state index contributed by atoms with van der Waals surface area (Å²) >= 11 is 3.21. The van der Waals surface area contributed by atoms with Gasteiger partial charge in [0.2, 0.25) is 6.79 Å². The first-order valence-electron chi connectivity index (χ1n) is 5.93. The van der Waals surface area contributed by atoms with Crippen molar-refractivity contribution in [1.82, 2.24) is 0 Å². The average Bonchev–Trinajstić information content (AvgIpc) is 2.88. The van der Waals surface area contributed by atoms with Gasteiger partial charge >= 0.3 is 0 Å². The number of hydrogen-bond acceptors (Lipinski definition) is 5. The number of rotatable bonds is 3. The van der Waals surface area contributed by atoms with Crippen LogP contribution in [0.1, 0.15) is 0 Å². The Balaban J connectivity index is 1.94. The first-order chi connectivity index (χ1) is 9.95. The van der Waals surface area contributed by atoms with E-state index in [1.54, 1.807) is 30.3 Å². The van der Waals surface area contributed by atoms with Crippen LogP contribution in [0, 0.1) is 0 Å². The summed E-state index contributed by atoms with van der Waals surface area (Å²) < 4.78 is 38.1. The van der Waals surface area contributed by atoms with Crippen molar-refractivity contribution in [3.05, 3.63) is 40.9 Å². The second-order valence-corrected chi connectivity index (χ2v) is 6.87. The van der Waals surface area contributed by atoms with Crippen LogP contribution in [0.3, 0.4) is 0 Å². The van der Waals surface area contributed by atoms with Gasteiger partial charge in [-0.2, -0.15) is 0 Å². The van der Waals surface area contributed by atoms with E-state index in [2.05, 4.69) is 20.7 Å². The van der Waals surface area contributed by atoms with E-state index in [-0.39, 0.29) is 11.7 Å². The maximum atomic E-state index is 12.4. The van der Waals surface area contributed by atoms with Crippen molar-refractivity contribution >= 4 is 37.3 Å². The lowest BCUT2D eigenvalue weighted by Gasteiger charge is -2.10. The first-order valence-corrected chi connectivity index (χ1v) is 8.21. The maximum Gasteiger partial charge on any atom is 0.263 e. The van der Waals surface area contributed by atoms with Crippen molar-refractivity contribution in [1.29, 1.82) is 0 Å². The highest BCUT2D eigenvalue weighted by Crippen LogP contribution is 2.35. The molecule has 1 heterocycles. The second kappa shape index (κ2) is 5.12.